The maximum Gasteiger partial charge on any atom is 0.171 e. The van der Waals surface area contributed by atoms with Crippen LogP contribution in [0, 0.1) is 20.8 Å². The van der Waals surface area contributed by atoms with E-state index in [4.69, 9.17) is 4.74 Å². The van der Waals surface area contributed by atoms with Crippen molar-refractivity contribution in [1.29, 1.82) is 0 Å². The number of hydrogen-bond acceptors (Lipinski definition) is 3. The lowest BCUT2D eigenvalue weighted by Crippen LogP contribution is -1.94. The largest absolute Gasteiger partial charge is 0.453 e. The highest BCUT2D eigenvalue weighted by atomic mass is 16.5. The first kappa shape index (κ1) is 12.4. The van der Waals surface area contributed by atoms with Crippen molar-refractivity contribution in [1.82, 2.24) is 9.78 Å². The molecule has 0 aliphatic rings. The Bertz CT molecular complexity index is 600. The van der Waals surface area contributed by atoms with Gasteiger partial charge in [0.2, 0.25) is 0 Å². The first-order chi connectivity index (χ1) is 8.52. The molecule has 0 N–H and O–H groups in total. The fourth-order valence-electron chi connectivity index (χ4n) is 1.81. The summed E-state index contributed by atoms with van der Waals surface area (Å²) in [6, 6.07) is 5.40. The van der Waals surface area contributed by atoms with Crippen LogP contribution in [0.1, 0.15) is 27.3 Å². The van der Waals surface area contributed by atoms with E-state index >= 15 is 0 Å². The first-order valence-corrected chi connectivity index (χ1v) is 5.77. The molecule has 0 saturated carbocycles. The van der Waals surface area contributed by atoms with E-state index in [1.807, 2.05) is 33.9 Å². The van der Waals surface area contributed by atoms with Crippen LogP contribution in [0.3, 0.4) is 0 Å². The van der Waals surface area contributed by atoms with Gasteiger partial charge in [-0.3, -0.25) is 9.48 Å². The number of aldehydes is 1. The summed E-state index contributed by atoms with van der Waals surface area (Å²) in [5.74, 6) is 1.45. The van der Waals surface area contributed by atoms with Crippen molar-refractivity contribution >= 4 is 6.29 Å². The summed E-state index contributed by atoms with van der Waals surface area (Å²) in [6.07, 6.45) is 0.815. The molecular formula is C14H16N2O2. The second-order valence-electron chi connectivity index (χ2n) is 4.37. The molecule has 0 bridgehead atoms. The molecule has 0 aliphatic carbocycles. The molecule has 1 aromatic carbocycles. The van der Waals surface area contributed by atoms with Gasteiger partial charge in [0.05, 0.1) is 5.69 Å². The Hall–Kier alpha value is -2.10. The van der Waals surface area contributed by atoms with Crippen molar-refractivity contribution in [2.24, 2.45) is 7.05 Å². The van der Waals surface area contributed by atoms with Gasteiger partial charge in [0.1, 0.15) is 17.7 Å². The fourth-order valence-corrected chi connectivity index (χ4v) is 1.81. The summed E-state index contributed by atoms with van der Waals surface area (Å²) in [5, 5.41) is 4.30. The number of benzene rings is 1. The topological polar surface area (TPSA) is 44.1 Å². The smallest absolute Gasteiger partial charge is 0.171 e. The van der Waals surface area contributed by atoms with Crippen LogP contribution < -0.4 is 4.74 Å². The molecule has 0 spiro atoms. The number of aryl methyl sites for hydroxylation is 3. The van der Waals surface area contributed by atoms with Gasteiger partial charge < -0.3 is 4.74 Å². The van der Waals surface area contributed by atoms with Gasteiger partial charge in [-0.25, -0.2) is 0 Å². The molecule has 0 atom stereocenters. The SMILES string of the molecule is Cc1ccc(C=O)cc1Oc1c(C)nn(C)c1C. The van der Waals surface area contributed by atoms with E-state index in [0.29, 0.717) is 11.3 Å². The number of carbonyl (C=O) groups is 1. The molecule has 1 heterocycles. The summed E-state index contributed by atoms with van der Waals surface area (Å²) in [6.45, 7) is 5.81. The Balaban J connectivity index is 2.42. The molecule has 0 radical (unpaired) electrons. The zero-order valence-electron chi connectivity index (χ0n) is 11.0. The van der Waals surface area contributed by atoms with Crippen molar-refractivity contribution in [3.05, 3.63) is 40.7 Å². The summed E-state index contributed by atoms with van der Waals surface area (Å²) in [7, 11) is 1.88. The zero-order valence-corrected chi connectivity index (χ0v) is 11.0. The third-order valence-electron chi connectivity index (χ3n) is 3.00. The minimum Gasteiger partial charge on any atom is -0.453 e. The summed E-state index contributed by atoms with van der Waals surface area (Å²) in [4.78, 5) is 10.8. The maximum absolute atomic E-state index is 10.8. The second-order valence-corrected chi connectivity index (χ2v) is 4.37. The van der Waals surface area contributed by atoms with Crippen molar-refractivity contribution < 1.29 is 9.53 Å². The second kappa shape index (κ2) is 4.64. The Morgan fingerprint density at radius 2 is 2.00 bits per heavy atom. The Kier molecular flexibility index (Phi) is 3.19. The van der Waals surface area contributed by atoms with Crippen molar-refractivity contribution in [2.75, 3.05) is 0 Å². The lowest BCUT2D eigenvalue weighted by atomic mass is 10.1. The van der Waals surface area contributed by atoms with E-state index in [0.717, 1.165) is 29.0 Å². The molecule has 2 aromatic rings. The quantitative estimate of drug-likeness (QED) is 0.780. The summed E-state index contributed by atoms with van der Waals surface area (Å²) >= 11 is 0. The van der Waals surface area contributed by atoms with Crippen molar-refractivity contribution in [2.45, 2.75) is 20.8 Å². The molecule has 2 rings (SSSR count). The van der Waals surface area contributed by atoms with Gasteiger partial charge >= 0.3 is 0 Å². The molecule has 0 saturated heterocycles. The molecule has 18 heavy (non-hydrogen) atoms. The molecule has 0 fully saturated rings. The first-order valence-electron chi connectivity index (χ1n) is 5.77. The third kappa shape index (κ3) is 2.14. The molecule has 4 nitrogen and oxygen atoms in total. The van der Waals surface area contributed by atoms with Crippen LogP contribution in [0.15, 0.2) is 18.2 Å². The van der Waals surface area contributed by atoms with E-state index in [-0.39, 0.29) is 0 Å². The number of carbonyl (C=O) groups excluding carboxylic acids is 1. The predicted octanol–water partition coefficient (Wildman–Crippen LogP) is 2.95. The van der Waals surface area contributed by atoms with Crippen LogP contribution in [0.25, 0.3) is 0 Å². The highest BCUT2D eigenvalue weighted by Crippen LogP contribution is 2.30. The molecule has 1 aromatic heterocycles. The van der Waals surface area contributed by atoms with E-state index in [2.05, 4.69) is 5.10 Å². The standard InChI is InChI=1S/C14H16N2O2/c1-9-5-6-12(8-17)7-13(9)18-14-10(2)15-16(4)11(14)3/h5-8H,1-4H3. The number of aromatic nitrogens is 2. The minimum absolute atomic E-state index is 0.606. The monoisotopic (exact) mass is 244 g/mol. The van der Waals surface area contributed by atoms with Crippen LogP contribution in [-0.4, -0.2) is 16.1 Å². The summed E-state index contributed by atoms with van der Waals surface area (Å²) < 4.78 is 7.67. The average molecular weight is 244 g/mol. The number of hydrogen-bond donors (Lipinski definition) is 0. The average Bonchev–Trinajstić information content (AvgIpc) is 2.58. The van der Waals surface area contributed by atoms with Crippen molar-refractivity contribution in [3.8, 4) is 11.5 Å². The van der Waals surface area contributed by atoms with E-state index in [1.165, 1.54) is 0 Å². The third-order valence-corrected chi connectivity index (χ3v) is 3.00. The molecule has 94 valence electrons. The van der Waals surface area contributed by atoms with Crippen LogP contribution >= 0.6 is 0 Å². The van der Waals surface area contributed by atoms with Gasteiger partial charge in [-0.05, 0) is 32.4 Å². The number of nitrogens with zero attached hydrogens (tertiary/aromatic N) is 2. The molecular weight excluding hydrogens is 228 g/mol. The number of rotatable bonds is 3. The van der Waals surface area contributed by atoms with Crippen LogP contribution in [0.2, 0.25) is 0 Å². The van der Waals surface area contributed by atoms with Crippen LogP contribution in [-0.2, 0) is 7.05 Å². The Labute approximate surface area is 106 Å². The molecule has 0 amide bonds. The lowest BCUT2D eigenvalue weighted by Gasteiger charge is -2.09. The fraction of sp³-hybridized carbons (Fsp3) is 0.286. The van der Waals surface area contributed by atoms with Gasteiger partial charge in [0, 0.05) is 12.6 Å². The Morgan fingerprint density at radius 1 is 1.28 bits per heavy atom. The van der Waals surface area contributed by atoms with Crippen LogP contribution in [0.5, 0.6) is 11.5 Å². The molecule has 0 aliphatic heterocycles. The van der Waals surface area contributed by atoms with Crippen LogP contribution in [0.4, 0.5) is 0 Å². The van der Waals surface area contributed by atoms with Gasteiger partial charge in [-0.1, -0.05) is 12.1 Å². The van der Waals surface area contributed by atoms with Gasteiger partial charge in [0.25, 0.3) is 0 Å². The molecule has 0 unspecified atom stereocenters. The highest BCUT2D eigenvalue weighted by Gasteiger charge is 2.13. The maximum atomic E-state index is 10.8. The molecule has 4 heteroatoms. The normalized spacial score (nSPS) is 10.4. The van der Waals surface area contributed by atoms with E-state index in [1.54, 1.807) is 16.8 Å². The highest BCUT2D eigenvalue weighted by molar-refractivity contribution is 5.76. The lowest BCUT2D eigenvalue weighted by molar-refractivity contribution is 0.112. The minimum atomic E-state index is 0.606. The number of ether oxygens (including phenoxy) is 1. The van der Waals surface area contributed by atoms with Gasteiger partial charge in [0.15, 0.2) is 5.75 Å². The zero-order chi connectivity index (χ0) is 13.3. The predicted molar refractivity (Wildman–Crippen MR) is 69.3 cm³/mol. The van der Waals surface area contributed by atoms with Gasteiger partial charge in [-0.15, -0.1) is 0 Å². The van der Waals surface area contributed by atoms with E-state index in [9.17, 15) is 4.79 Å². The van der Waals surface area contributed by atoms with E-state index < -0.39 is 0 Å². The van der Waals surface area contributed by atoms with Gasteiger partial charge in [-0.2, -0.15) is 5.10 Å². The summed E-state index contributed by atoms with van der Waals surface area (Å²) in [5.41, 5.74) is 3.40. The van der Waals surface area contributed by atoms with Crippen molar-refractivity contribution in [3.63, 3.8) is 0 Å². The Morgan fingerprint density at radius 3 is 2.56 bits per heavy atom.